The summed E-state index contributed by atoms with van der Waals surface area (Å²) < 4.78 is 0. The fourth-order valence-electron chi connectivity index (χ4n) is 0.943. The second kappa shape index (κ2) is 3.93. The Kier molecular flexibility index (Phi) is 2.46. The molecular formula is C8H6N4OS. The van der Waals surface area contributed by atoms with Gasteiger partial charge >= 0.3 is 0 Å². The molecule has 0 saturated heterocycles. The third-order valence-electron chi connectivity index (χ3n) is 1.53. The van der Waals surface area contributed by atoms with Gasteiger partial charge in [-0.15, -0.1) is 10.2 Å². The van der Waals surface area contributed by atoms with Crippen molar-refractivity contribution in [3.63, 3.8) is 0 Å². The van der Waals surface area contributed by atoms with Crippen molar-refractivity contribution in [2.45, 2.75) is 0 Å². The summed E-state index contributed by atoms with van der Waals surface area (Å²) in [5, 5.41) is 11.4. The van der Waals surface area contributed by atoms with E-state index in [0.717, 1.165) is 10.6 Å². The highest BCUT2D eigenvalue weighted by Gasteiger charge is 2.04. The van der Waals surface area contributed by atoms with Crippen LogP contribution >= 0.6 is 11.3 Å². The average Bonchev–Trinajstić information content (AvgIpc) is 2.68. The van der Waals surface area contributed by atoms with Crippen molar-refractivity contribution in [3.05, 3.63) is 24.5 Å². The standard InChI is InChI=1S/C8H6N4OS/c13-5-10-8-12-11-7(14-8)6-1-3-9-4-2-6/h1-5H,(H,10,12,13). The van der Waals surface area contributed by atoms with Crippen molar-refractivity contribution >= 4 is 22.9 Å². The molecule has 14 heavy (non-hydrogen) atoms. The number of carbonyl (C=O) groups excluding carboxylic acids is 1. The van der Waals surface area contributed by atoms with Crippen LogP contribution in [0.15, 0.2) is 24.5 Å². The first-order chi connectivity index (χ1) is 6.90. The van der Waals surface area contributed by atoms with Gasteiger partial charge in [-0.1, -0.05) is 11.3 Å². The fraction of sp³-hybridized carbons (Fsp3) is 0. The molecule has 2 heterocycles. The molecule has 1 N–H and O–H groups in total. The molecule has 2 rings (SSSR count). The van der Waals surface area contributed by atoms with Gasteiger partial charge in [0.25, 0.3) is 0 Å². The average molecular weight is 206 g/mol. The minimum atomic E-state index is 0.492. The van der Waals surface area contributed by atoms with E-state index in [4.69, 9.17) is 0 Å². The van der Waals surface area contributed by atoms with Crippen LogP contribution in [-0.4, -0.2) is 21.6 Å². The van der Waals surface area contributed by atoms with Crippen LogP contribution in [0.3, 0.4) is 0 Å². The molecule has 0 aromatic carbocycles. The van der Waals surface area contributed by atoms with Gasteiger partial charge in [0.15, 0.2) is 0 Å². The normalized spacial score (nSPS) is 9.71. The van der Waals surface area contributed by atoms with E-state index < -0.39 is 0 Å². The number of amides is 1. The molecule has 0 aliphatic rings. The molecule has 0 radical (unpaired) electrons. The van der Waals surface area contributed by atoms with Crippen molar-refractivity contribution < 1.29 is 4.79 Å². The lowest BCUT2D eigenvalue weighted by Gasteiger charge is -1.90. The number of hydrogen-bond donors (Lipinski definition) is 1. The number of pyridine rings is 1. The van der Waals surface area contributed by atoms with E-state index in [1.54, 1.807) is 12.4 Å². The van der Waals surface area contributed by atoms with Gasteiger partial charge in [0.05, 0.1) is 0 Å². The van der Waals surface area contributed by atoms with E-state index in [2.05, 4.69) is 20.5 Å². The lowest BCUT2D eigenvalue weighted by Crippen LogP contribution is -1.91. The van der Waals surface area contributed by atoms with E-state index in [9.17, 15) is 4.79 Å². The predicted octanol–water partition coefficient (Wildman–Crippen LogP) is 1.17. The second-order valence-corrected chi connectivity index (χ2v) is 3.39. The number of carbonyl (C=O) groups is 1. The zero-order chi connectivity index (χ0) is 9.80. The van der Waals surface area contributed by atoms with Crippen LogP contribution in [0.4, 0.5) is 5.13 Å². The van der Waals surface area contributed by atoms with Crippen molar-refractivity contribution in [1.29, 1.82) is 0 Å². The zero-order valence-electron chi connectivity index (χ0n) is 7.04. The van der Waals surface area contributed by atoms with Crippen LogP contribution in [0.2, 0.25) is 0 Å². The summed E-state index contributed by atoms with van der Waals surface area (Å²) in [6, 6.07) is 3.68. The minimum Gasteiger partial charge on any atom is -0.303 e. The molecule has 0 atom stereocenters. The number of nitrogens with zero attached hydrogens (tertiary/aromatic N) is 3. The maximum atomic E-state index is 10.1. The number of hydrogen-bond acceptors (Lipinski definition) is 5. The number of rotatable bonds is 3. The quantitative estimate of drug-likeness (QED) is 0.765. The van der Waals surface area contributed by atoms with E-state index >= 15 is 0 Å². The van der Waals surface area contributed by atoms with Gasteiger partial charge in [-0.3, -0.25) is 9.78 Å². The fourth-order valence-corrected chi connectivity index (χ4v) is 1.65. The Balaban J connectivity index is 2.29. The molecule has 2 aromatic heterocycles. The molecule has 0 bridgehead atoms. The second-order valence-electron chi connectivity index (χ2n) is 2.41. The highest BCUT2D eigenvalue weighted by atomic mass is 32.1. The summed E-state index contributed by atoms with van der Waals surface area (Å²) in [6.07, 6.45) is 3.95. The van der Waals surface area contributed by atoms with E-state index in [1.165, 1.54) is 11.3 Å². The molecule has 1 amide bonds. The van der Waals surface area contributed by atoms with Gasteiger partial charge < -0.3 is 5.32 Å². The summed E-state index contributed by atoms with van der Waals surface area (Å²) in [6.45, 7) is 0. The first kappa shape index (κ1) is 8.76. The van der Waals surface area contributed by atoms with Crippen LogP contribution in [0.5, 0.6) is 0 Å². The first-order valence-corrected chi connectivity index (χ1v) is 4.66. The molecule has 0 unspecified atom stereocenters. The summed E-state index contributed by atoms with van der Waals surface area (Å²) in [7, 11) is 0. The van der Waals surface area contributed by atoms with Gasteiger partial charge in [-0.2, -0.15) is 0 Å². The largest absolute Gasteiger partial charge is 0.303 e. The molecule has 0 fully saturated rings. The first-order valence-electron chi connectivity index (χ1n) is 3.84. The van der Waals surface area contributed by atoms with Crippen molar-refractivity contribution in [1.82, 2.24) is 15.2 Å². The maximum Gasteiger partial charge on any atom is 0.213 e. The van der Waals surface area contributed by atoms with E-state index in [-0.39, 0.29) is 0 Å². The molecular weight excluding hydrogens is 200 g/mol. The molecule has 0 aliphatic carbocycles. The molecule has 0 saturated carbocycles. The Hall–Kier alpha value is -1.82. The monoisotopic (exact) mass is 206 g/mol. The van der Waals surface area contributed by atoms with Crippen molar-refractivity contribution in [3.8, 4) is 10.6 Å². The van der Waals surface area contributed by atoms with Gasteiger partial charge in [0, 0.05) is 18.0 Å². The third kappa shape index (κ3) is 1.74. The van der Waals surface area contributed by atoms with Crippen LogP contribution in [0, 0.1) is 0 Å². The molecule has 2 aromatic rings. The summed E-state index contributed by atoms with van der Waals surface area (Å²) in [5.41, 5.74) is 0.941. The summed E-state index contributed by atoms with van der Waals surface area (Å²) >= 11 is 1.32. The number of nitrogens with one attached hydrogen (secondary N) is 1. The smallest absolute Gasteiger partial charge is 0.213 e. The highest BCUT2D eigenvalue weighted by molar-refractivity contribution is 7.18. The van der Waals surface area contributed by atoms with Gasteiger partial charge in [0.1, 0.15) is 5.01 Å². The Morgan fingerprint density at radius 2 is 2.07 bits per heavy atom. The Morgan fingerprint density at radius 1 is 1.29 bits per heavy atom. The van der Waals surface area contributed by atoms with Crippen molar-refractivity contribution in [2.75, 3.05) is 5.32 Å². The van der Waals surface area contributed by atoms with Gasteiger partial charge in [0.2, 0.25) is 11.5 Å². The molecule has 6 heteroatoms. The SMILES string of the molecule is O=CNc1nnc(-c2ccncc2)s1. The number of anilines is 1. The van der Waals surface area contributed by atoms with Gasteiger partial charge in [-0.05, 0) is 12.1 Å². The maximum absolute atomic E-state index is 10.1. The van der Waals surface area contributed by atoms with Crippen LogP contribution in [-0.2, 0) is 4.79 Å². The van der Waals surface area contributed by atoms with Crippen LogP contribution < -0.4 is 5.32 Å². The Morgan fingerprint density at radius 3 is 2.79 bits per heavy atom. The lowest BCUT2D eigenvalue weighted by molar-refractivity contribution is -0.105. The Bertz CT molecular complexity index is 428. The zero-order valence-corrected chi connectivity index (χ0v) is 7.86. The predicted molar refractivity (Wildman–Crippen MR) is 52.8 cm³/mol. The molecule has 0 spiro atoms. The third-order valence-corrected chi connectivity index (χ3v) is 2.44. The van der Waals surface area contributed by atoms with Gasteiger partial charge in [-0.25, -0.2) is 0 Å². The lowest BCUT2D eigenvalue weighted by atomic mass is 10.3. The highest BCUT2D eigenvalue weighted by Crippen LogP contribution is 2.24. The van der Waals surface area contributed by atoms with Crippen LogP contribution in [0.25, 0.3) is 10.6 Å². The topological polar surface area (TPSA) is 67.8 Å². The van der Waals surface area contributed by atoms with E-state index in [1.807, 2.05) is 12.1 Å². The Labute approximate surface area is 83.8 Å². The minimum absolute atomic E-state index is 0.492. The summed E-state index contributed by atoms with van der Waals surface area (Å²) in [5.74, 6) is 0. The molecule has 70 valence electrons. The molecule has 0 aliphatic heterocycles. The number of aromatic nitrogens is 3. The summed E-state index contributed by atoms with van der Waals surface area (Å²) in [4.78, 5) is 14.0. The molecule has 5 nitrogen and oxygen atoms in total. The van der Waals surface area contributed by atoms with Crippen LogP contribution in [0.1, 0.15) is 0 Å². The van der Waals surface area contributed by atoms with Crippen molar-refractivity contribution in [2.24, 2.45) is 0 Å². The van der Waals surface area contributed by atoms with E-state index in [0.29, 0.717) is 11.5 Å².